The fourth-order valence-corrected chi connectivity index (χ4v) is 1.41. The highest BCUT2D eigenvalue weighted by Crippen LogP contribution is 2.29. The van der Waals surface area contributed by atoms with Gasteiger partial charge in [0, 0.05) is 18.7 Å². The molecule has 18 heavy (non-hydrogen) atoms. The fraction of sp³-hybridized carbons (Fsp3) is 0.417. The zero-order valence-electron chi connectivity index (χ0n) is 10.0. The lowest BCUT2D eigenvalue weighted by Crippen LogP contribution is -2.35. The molecule has 3 nitrogen and oxygen atoms in total. The minimum Gasteiger partial charge on any atom is -0.383 e. The number of nitrogens with one attached hydrogen (secondary N) is 1. The van der Waals surface area contributed by atoms with Crippen LogP contribution in [0, 0.1) is 0 Å². The number of hydrogen-bond donors (Lipinski definition) is 1. The third-order valence-corrected chi connectivity index (χ3v) is 2.27. The Hall–Kier alpha value is -1.56. The molecule has 0 aliphatic rings. The molecule has 0 saturated carbocycles. The SMILES string of the molecule is COCC(C)NC(=O)c1ccc(C(F)(F)F)cc1. The third kappa shape index (κ3) is 4.03. The van der Waals surface area contributed by atoms with Gasteiger partial charge in [-0.1, -0.05) is 0 Å². The van der Waals surface area contributed by atoms with Crippen LogP contribution in [-0.2, 0) is 10.9 Å². The monoisotopic (exact) mass is 261 g/mol. The molecule has 0 aromatic heterocycles. The van der Waals surface area contributed by atoms with E-state index in [-0.39, 0.29) is 11.6 Å². The van der Waals surface area contributed by atoms with E-state index < -0.39 is 17.6 Å². The molecular weight excluding hydrogens is 247 g/mol. The molecule has 0 saturated heterocycles. The van der Waals surface area contributed by atoms with Gasteiger partial charge in [0.1, 0.15) is 0 Å². The van der Waals surface area contributed by atoms with Crippen LogP contribution in [0.25, 0.3) is 0 Å². The Bertz CT molecular complexity index is 401. The van der Waals surface area contributed by atoms with E-state index in [1.807, 2.05) is 0 Å². The summed E-state index contributed by atoms with van der Waals surface area (Å²) >= 11 is 0. The highest BCUT2D eigenvalue weighted by atomic mass is 19.4. The van der Waals surface area contributed by atoms with Gasteiger partial charge in [-0.05, 0) is 31.2 Å². The van der Waals surface area contributed by atoms with Gasteiger partial charge in [-0.25, -0.2) is 0 Å². The van der Waals surface area contributed by atoms with Crippen LogP contribution in [0.5, 0.6) is 0 Å². The molecule has 0 spiro atoms. The number of hydrogen-bond acceptors (Lipinski definition) is 2. The van der Waals surface area contributed by atoms with Crippen LogP contribution < -0.4 is 5.32 Å². The maximum atomic E-state index is 12.3. The largest absolute Gasteiger partial charge is 0.416 e. The summed E-state index contributed by atoms with van der Waals surface area (Å²) in [6.45, 7) is 2.08. The van der Waals surface area contributed by atoms with Gasteiger partial charge in [0.15, 0.2) is 0 Å². The quantitative estimate of drug-likeness (QED) is 0.904. The molecule has 1 atom stereocenters. The Kier molecular flexibility index (Phi) is 4.72. The highest BCUT2D eigenvalue weighted by Gasteiger charge is 2.30. The molecule has 1 N–H and O–H groups in total. The van der Waals surface area contributed by atoms with E-state index in [0.717, 1.165) is 24.3 Å². The van der Waals surface area contributed by atoms with Gasteiger partial charge in [-0.15, -0.1) is 0 Å². The van der Waals surface area contributed by atoms with Crippen molar-refractivity contribution in [2.45, 2.75) is 19.1 Å². The number of ether oxygens (including phenoxy) is 1. The van der Waals surface area contributed by atoms with Crippen molar-refractivity contribution in [2.75, 3.05) is 13.7 Å². The standard InChI is InChI=1S/C12H14F3NO2/c1-8(7-18-2)16-11(17)9-3-5-10(6-4-9)12(13,14)15/h3-6,8H,7H2,1-2H3,(H,16,17). The second-order valence-electron chi connectivity index (χ2n) is 3.90. The maximum Gasteiger partial charge on any atom is 0.416 e. The van der Waals surface area contributed by atoms with E-state index in [1.54, 1.807) is 6.92 Å². The van der Waals surface area contributed by atoms with Gasteiger partial charge >= 0.3 is 6.18 Å². The van der Waals surface area contributed by atoms with Gasteiger partial charge in [-0.2, -0.15) is 13.2 Å². The summed E-state index contributed by atoms with van der Waals surface area (Å²) in [6, 6.07) is 3.87. The summed E-state index contributed by atoms with van der Waals surface area (Å²) in [5.74, 6) is -0.423. The van der Waals surface area contributed by atoms with E-state index in [9.17, 15) is 18.0 Å². The molecule has 0 fully saturated rings. The molecule has 1 unspecified atom stereocenters. The average Bonchev–Trinajstić information content (AvgIpc) is 2.28. The summed E-state index contributed by atoms with van der Waals surface area (Å²) < 4.78 is 41.8. The Morgan fingerprint density at radius 3 is 2.33 bits per heavy atom. The number of amides is 1. The van der Waals surface area contributed by atoms with Gasteiger partial charge in [-0.3, -0.25) is 4.79 Å². The van der Waals surface area contributed by atoms with Crippen molar-refractivity contribution in [3.63, 3.8) is 0 Å². The number of carbonyl (C=O) groups is 1. The number of benzene rings is 1. The molecule has 0 heterocycles. The molecule has 6 heteroatoms. The second kappa shape index (κ2) is 5.86. The Morgan fingerprint density at radius 1 is 1.33 bits per heavy atom. The fourth-order valence-electron chi connectivity index (χ4n) is 1.41. The third-order valence-electron chi connectivity index (χ3n) is 2.27. The van der Waals surface area contributed by atoms with Gasteiger partial charge in [0.2, 0.25) is 0 Å². The average molecular weight is 261 g/mol. The molecule has 0 radical (unpaired) electrons. The molecule has 1 rings (SSSR count). The number of halogens is 3. The van der Waals surface area contributed by atoms with Crippen molar-refractivity contribution >= 4 is 5.91 Å². The normalized spacial score (nSPS) is 13.2. The highest BCUT2D eigenvalue weighted by molar-refractivity contribution is 5.94. The van der Waals surface area contributed by atoms with E-state index in [1.165, 1.54) is 7.11 Å². The molecule has 0 aliphatic heterocycles. The van der Waals surface area contributed by atoms with Crippen LogP contribution >= 0.6 is 0 Å². The molecule has 100 valence electrons. The van der Waals surface area contributed by atoms with Crippen molar-refractivity contribution in [1.29, 1.82) is 0 Å². The first-order valence-corrected chi connectivity index (χ1v) is 5.31. The molecule has 0 aliphatic carbocycles. The zero-order valence-corrected chi connectivity index (χ0v) is 10.0. The molecule has 1 aromatic carbocycles. The van der Waals surface area contributed by atoms with E-state index in [2.05, 4.69) is 5.32 Å². The topological polar surface area (TPSA) is 38.3 Å². The van der Waals surface area contributed by atoms with Crippen LogP contribution in [0.3, 0.4) is 0 Å². The van der Waals surface area contributed by atoms with Crippen molar-refractivity contribution in [2.24, 2.45) is 0 Å². The van der Waals surface area contributed by atoms with Crippen LogP contribution in [0.2, 0.25) is 0 Å². The van der Waals surface area contributed by atoms with Crippen molar-refractivity contribution < 1.29 is 22.7 Å². The second-order valence-corrected chi connectivity index (χ2v) is 3.90. The summed E-state index contributed by atoms with van der Waals surface area (Å²) in [7, 11) is 1.50. The Labute approximate surface area is 103 Å². The summed E-state index contributed by atoms with van der Waals surface area (Å²) in [5.41, 5.74) is -0.588. The smallest absolute Gasteiger partial charge is 0.383 e. The minimum absolute atomic E-state index is 0.186. The van der Waals surface area contributed by atoms with Gasteiger partial charge in [0.25, 0.3) is 5.91 Å². The first-order chi connectivity index (χ1) is 8.34. The van der Waals surface area contributed by atoms with E-state index in [4.69, 9.17) is 4.74 Å². The van der Waals surface area contributed by atoms with Crippen LogP contribution in [0.4, 0.5) is 13.2 Å². The number of carbonyl (C=O) groups excluding carboxylic acids is 1. The maximum absolute atomic E-state index is 12.3. The number of rotatable bonds is 4. The van der Waals surface area contributed by atoms with Crippen molar-refractivity contribution in [3.05, 3.63) is 35.4 Å². The Balaban J connectivity index is 2.71. The predicted octanol–water partition coefficient (Wildman–Crippen LogP) is 2.47. The summed E-state index contributed by atoms with van der Waals surface area (Å²) in [4.78, 5) is 11.6. The van der Waals surface area contributed by atoms with Gasteiger partial charge in [0.05, 0.1) is 12.2 Å². The van der Waals surface area contributed by atoms with Gasteiger partial charge < -0.3 is 10.1 Å². The lowest BCUT2D eigenvalue weighted by atomic mass is 10.1. The number of methoxy groups -OCH3 is 1. The zero-order chi connectivity index (χ0) is 13.8. The number of alkyl halides is 3. The van der Waals surface area contributed by atoms with Crippen LogP contribution in [0.1, 0.15) is 22.8 Å². The lowest BCUT2D eigenvalue weighted by Gasteiger charge is -2.13. The first-order valence-electron chi connectivity index (χ1n) is 5.31. The summed E-state index contributed by atoms with van der Waals surface area (Å²) in [5, 5.41) is 2.61. The molecule has 1 amide bonds. The lowest BCUT2D eigenvalue weighted by molar-refractivity contribution is -0.137. The summed E-state index contributed by atoms with van der Waals surface area (Å²) in [6.07, 6.45) is -4.39. The van der Waals surface area contributed by atoms with Crippen molar-refractivity contribution in [3.8, 4) is 0 Å². The molecule has 0 bridgehead atoms. The van der Waals surface area contributed by atoms with Crippen LogP contribution in [-0.4, -0.2) is 25.7 Å². The Morgan fingerprint density at radius 2 is 1.89 bits per heavy atom. The van der Waals surface area contributed by atoms with Crippen LogP contribution in [0.15, 0.2) is 24.3 Å². The van der Waals surface area contributed by atoms with Crippen molar-refractivity contribution in [1.82, 2.24) is 5.32 Å². The minimum atomic E-state index is -4.39. The molecular formula is C12H14F3NO2. The predicted molar refractivity (Wildman–Crippen MR) is 60.2 cm³/mol. The molecule has 1 aromatic rings. The first kappa shape index (κ1) is 14.5. The van der Waals surface area contributed by atoms with E-state index in [0.29, 0.717) is 6.61 Å². The van der Waals surface area contributed by atoms with E-state index >= 15 is 0 Å².